The standard InChI is InChI=1S/C21H21N5OS.C20H21FN4O2.C20H19N5OS.C19H19FN4O2/c1-13-11-25(8-7-22-13)16-4-6-20-24-18(10-21(27)26(20)12-16)15-3-5-17-19(9-15)28-14(2)23-17;1-22-14-7-8-24(11-14)15-4-6-19-23-17(10-20(26)25(19)12-15)13-3-5-18(27-2)16(21)9-13;1-13-22-16-4-2-14(10-18(16)27-13)17-11-20(26)25-12-15(3-5-19(25)23-17)24-8-6-21-7-9-24;1-26-16-4-2-13(10-15(16)20)14-3-5-17-22-18(11-19(25)24(17)12-14)23-8-6-21-7-9-23/h3-6,9-10,12-13,22H,7-8,11H2,1-2H3;3-6,9-10,12,14,22H,7-8,11H2,1-2H3;2-5,10-12,21H,6-9H2,1H3;2-5,10-12,21H,6-9H2,1H3/t13-;14-;;/m00../s1. The minimum absolute atomic E-state index is 0.0624. The summed E-state index contributed by atoms with van der Waals surface area (Å²) in [6.07, 6.45) is 8.38. The molecule has 24 nitrogen and oxygen atoms in total. The van der Waals surface area contributed by atoms with Crippen LogP contribution in [-0.4, -0.2) is 166 Å². The second-order valence-corrected chi connectivity index (χ2v) is 29.4. The van der Waals surface area contributed by atoms with E-state index in [0.29, 0.717) is 68.7 Å². The first-order valence-electron chi connectivity index (χ1n) is 35.9. The second kappa shape index (κ2) is 31.6. The van der Waals surface area contributed by atoms with Gasteiger partial charge in [0.15, 0.2) is 23.1 Å². The Morgan fingerprint density at radius 3 is 1.34 bits per heavy atom. The maximum atomic E-state index is 14.0. The Bertz CT molecular complexity index is 5950. The van der Waals surface area contributed by atoms with Crippen molar-refractivity contribution in [3.63, 3.8) is 0 Å². The van der Waals surface area contributed by atoms with Crippen LogP contribution in [0.4, 0.5) is 31.7 Å². The largest absolute Gasteiger partial charge is 0.494 e. The zero-order valence-electron chi connectivity index (χ0n) is 60.5. The van der Waals surface area contributed by atoms with E-state index in [-0.39, 0.29) is 33.7 Å². The molecule has 14 heterocycles. The quantitative estimate of drug-likeness (QED) is 0.0941. The molecule has 4 aliphatic rings. The lowest BCUT2D eigenvalue weighted by atomic mass is 10.1. The van der Waals surface area contributed by atoms with E-state index >= 15 is 0 Å². The Morgan fingerprint density at radius 1 is 0.435 bits per heavy atom. The van der Waals surface area contributed by atoms with Crippen LogP contribution in [0.5, 0.6) is 11.5 Å². The van der Waals surface area contributed by atoms with Gasteiger partial charge >= 0.3 is 0 Å². The van der Waals surface area contributed by atoms with E-state index in [9.17, 15) is 28.0 Å². The number of benzene rings is 4. The number of likely N-dealkylation sites (N-methyl/N-ethyl adjacent to an activating group) is 1. The third kappa shape index (κ3) is 15.7. The number of rotatable bonds is 11. The van der Waals surface area contributed by atoms with Crippen molar-refractivity contribution < 1.29 is 18.3 Å². The van der Waals surface area contributed by atoms with Crippen molar-refractivity contribution >= 4 is 88.6 Å². The molecule has 18 rings (SSSR count). The van der Waals surface area contributed by atoms with Crippen LogP contribution in [0, 0.1) is 25.5 Å². The highest BCUT2D eigenvalue weighted by Crippen LogP contribution is 2.32. The van der Waals surface area contributed by atoms with E-state index in [1.54, 1.807) is 80.1 Å². The molecule has 4 aromatic carbocycles. The molecule has 0 aliphatic carbocycles. The number of nitrogens with one attached hydrogen (secondary N) is 4. The molecule has 0 amide bonds. The Kier molecular flexibility index (Phi) is 21.1. The predicted molar refractivity (Wildman–Crippen MR) is 426 cm³/mol. The fourth-order valence-corrected chi connectivity index (χ4v) is 15.7. The Morgan fingerprint density at radius 2 is 0.852 bits per heavy atom. The third-order valence-electron chi connectivity index (χ3n) is 19.7. The lowest BCUT2D eigenvalue weighted by Crippen LogP contribution is -2.49. The number of aromatic nitrogens is 10. The Labute approximate surface area is 627 Å². The van der Waals surface area contributed by atoms with Gasteiger partial charge in [-0.3, -0.25) is 36.8 Å². The van der Waals surface area contributed by atoms with E-state index in [0.717, 1.165) is 156 Å². The van der Waals surface area contributed by atoms with E-state index < -0.39 is 11.6 Å². The average Bonchev–Trinajstić information content (AvgIpc) is 1.75. The summed E-state index contributed by atoms with van der Waals surface area (Å²) in [4.78, 5) is 87.3. The molecule has 10 aromatic heterocycles. The minimum Gasteiger partial charge on any atom is -0.494 e. The third-order valence-corrected chi connectivity index (χ3v) is 21.6. The molecule has 4 fully saturated rings. The van der Waals surface area contributed by atoms with Crippen LogP contribution >= 0.6 is 22.7 Å². The number of aryl methyl sites for hydroxylation is 2. The number of pyridine rings is 4. The normalized spacial score (nSPS) is 16.0. The summed E-state index contributed by atoms with van der Waals surface area (Å²) in [7, 11) is 4.80. The summed E-state index contributed by atoms with van der Waals surface area (Å²) < 4.78 is 46.4. The number of piperazine rings is 3. The van der Waals surface area contributed by atoms with Crippen molar-refractivity contribution in [1.82, 2.24) is 68.8 Å². The molecule has 4 aliphatic heterocycles. The first-order chi connectivity index (χ1) is 52.5. The zero-order valence-corrected chi connectivity index (χ0v) is 62.1. The summed E-state index contributed by atoms with van der Waals surface area (Å²) in [6.45, 7) is 18.1. The van der Waals surface area contributed by atoms with Gasteiger partial charge < -0.3 is 50.3 Å². The maximum absolute atomic E-state index is 14.0. The fourth-order valence-electron chi connectivity index (χ4n) is 14.0. The number of methoxy groups -OCH3 is 2. The van der Waals surface area contributed by atoms with Crippen LogP contribution in [0.25, 0.3) is 87.9 Å². The highest BCUT2D eigenvalue weighted by molar-refractivity contribution is 7.18. The van der Waals surface area contributed by atoms with Crippen LogP contribution in [0.2, 0.25) is 0 Å². The second-order valence-electron chi connectivity index (χ2n) is 26.9. The lowest BCUT2D eigenvalue weighted by molar-refractivity contribution is 0.386. The molecular weight excluding hydrogens is 1410 g/mol. The molecule has 2 atom stereocenters. The van der Waals surface area contributed by atoms with Gasteiger partial charge in [-0.05, 0) is 148 Å². The van der Waals surface area contributed by atoms with Gasteiger partial charge in [0.05, 0.1) is 78.8 Å². The van der Waals surface area contributed by atoms with Gasteiger partial charge in [-0.1, -0.05) is 18.2 Å². The molecule has 0 saturated carbocycles. The van der Waals surface area contributed by atoms with Gasteiger partial charge in [0.1, 0.15) is 28.4 Å². The van der Waals surface area contributed by atoms with Crippen molar-refractivity contribution in [2.45, 2.75) is 39.3 Å². The van der Waals surface area contributed by atoms with Crippen molar-refractivity contribution in [2.24, 2.45) is 0 Å². The van der Waals surface area contributed by atoms with Crippen LogP contribution in [0.1, 0.15) is 23.4 Å². The molecule has 0 bridgehead atoms. The Balaban J connectivity index is 0.000000115. The van der Waals surface area contributed by atoms with E-state index in [2.05, 4.69) is 85.9 Å². The molecule has 0 unspecified atom stereocenters. The molecule has 4 N–H and O–H groups in total. The summed E-state index contributed by atoms with van der Waals surface area (Å²) in [6, 6.07) is 43.8. The molecule has 0 spiro atoms. The van der Waals surface area contributed by atoms with E-state index in [1.807, 2.05) is 100 Å². The first kappa shape index (κ1) is 72.2. The van der Waals surface area contributed by atoms with Crippen molar-refractivity contribution in [2.75, 3.05) is 126 Å². The first-order valence-corrected chi connectivity index (χ1v) is 37.5. The van der Waals surface area contributed by atoms with Crippen molar-refractivity contribution in [3.05, 3.63) is 233 Å². The fraction of sp³-hybridized carbons (Fsp3) is 0.275. The van der Waals surface area contributed by atoms with Crippen molar-refractivity contribution in [1.29, 1.82) is 0 Å². The number of anilines is 4. The highest BCUT2D eigenvalue weighted by atomic mass is 32.1. The molecule has 4 saturated heterocycles. The van der Waals surface area contributed by atoms with E-state index in [1.165, 1.54) is 47.3 Å². The van der Waals surface area contributed by atoms with Gasteiger partial charge in [0.25, 0.3) is 22.2 Å². The average molecular weight is 1490 g/mol. The molecule has 0 radical (unpaired) electrons. The minimum atomic E-state index is -0.486. The summed E-state index contributed by atoms with van der Waals surface area (Å²) in [5.41, 5.74) is 12.7. The monoisotopic (exact) mass is 1490 g/mol. The number of halogens is 2. The zero-order chi connectivity index (χ0) is 74.7. The smallest absolute Gasteiger partial charge is 0.259 e. The number of hydrogen-bond acceptors (Lipinski definition) is 22. The van der Waals surface area contributed by atoms with Gasteiger partial charge in [-0.25, -0.2) is 38.7 Å². The van der Waals surface area contributed by atoms with Crippen molar-refractivity contribution in [3.8, 4) is 56.4 Å². The molecular formula is C80H80F2N18O6S2. The number of ether oxygens (including phenoxy) is 2. The number of fused-ring (bicyclic) bond motifs is 6. The number of thiazole rings is 2. The molecule has 14 aromatic rings. The van der Waals surface area contributed by atoms with Crippen LogP contribution < -0.4 is 72.6 Å². The number of hydrogen-bond donors (Lipinski definition) is 4. The highest BCUT2D eigenvalue weighted by Gasteiger charge is 2.24. The van der Waals surface area contributed by atoms with Crippen LogP contribution in [0.15, 0.2) is 190 Å². The summed E-state index contributed by atoms with van der Waals surface area (Å²) in [5.74, 6) is 0.116. The molecule has 552 valence electrons. The molecule has 108 heavy (non-hydrogen) atoms. The van der Waals surface area contributed by atoms with Gasteiger partial charge in [0, 0.05) is 163 Å². The van der Waals surface area contributed by atoms with Gasteiger partial charge in [-0.2, -0.15) is 0 Å². The maximum Gasteiger partial charge on any atom is 0.259 e. The molecule has 28 heteroatoms. The SMILES string of the molecule is CN[C@H]1CCN(c2ccc3nc(-c4ccc(OC)c(F)c4)cc(=O)n3c2)C1.COc1ccc(-c2ccc3nc(N4CCNCC4)cc(=O)n3c2)cc1F.Cc1nc2ccc(-c3cc(=O)n4cc(N5CCNCC5)ccc4n3)cc2s1.Cc1nc2ccc(-c3cc(=O)n4cc(N5CCN[C@@H](C)C5)ccc4n3)cc2s1. The topological polar surface area (TPSA) is 243 Å². The number of nitrogens with zero attached hydrogens (tertiary/aromatic N) is 14. The summed E-state index contributed by atoms with van der Waals surface area (Å²) in [5, 5.41) is 15.4. The Hall–Kier alpha value is -11.4. The van der Waals surface area contributed by atoms with Gasteiger partial charge in [-0.15, -0.1) is 22.7 Å². The van der Waals surface area contributed by atoms with Crippen LogP contribution in [-0.2, 0) is 0 Å². The van der Waals surface area contributed by atoms with Gasteiger partial charge in [0.2, 0.25) is 0 Å². The lowest BCUT2D eigenvalue weighted by Gasteiger charge is -2.33. The van der Waals surface area contributed by atoms with E-state index in [4.69, 9.17) is 19.4 Å². The van der Waals surface area contributed by atoms with Crippen LogP contribution in [0.3, 0.4) is 0 Å². The predicted octanol–water partition coefficient (Wildman–Crippen LogP) is 9.99. The summed E-state index contributed by atoms with van der Waals surface area (Å²) >= 11 is 3.31.